The molecule has 0 aliphatic heterocycles. The standard InChI is InChI=1S/C10H18N4O/c1-7(11)6-14-10(15)12-9(13-14)8-4-2-3-5-8/h7-8H,2-6,11H2,1H3,(H,12,13,15). The van der Waals surface area contributed by atoms with Crippen molar-refractivity contribution in [2.75, 3.05) is 0 Å². The summed E-state index contributed by atoms with van der Waals surface area (Å²) in [6.45, 7) is 2.36. The number of aromatic nitrogens is 3. The molecule has 1 aliphatic carbocycles. The van der Waals surface area contributed by atoms with Crippen LogP contribution in [0.3, 0.4) is 0 Å². The Kier molecular flexibility index (Phi) is 2.90. The van der Waals surface area contributed by atoms with Crippen molar-refractivity contribution in [3.8, 4) is 0 Å². The van der Waals surface area contributed by atoms with Crippen LogP contribution < -0.4 is 11.4 Å². The normalized spacial score (nSPS) is 19.6. The molecular weight excluding hydrogens is 192 g/mol. The largest absolute Gasteiger partial charge is 0.343 e. The van der Waals surface area contributed by atoms with E-state index >= 15 is 0 Å². The third-order valence-electron chi connectivity index (χ3n) is 2.90. The molecule has 0 amide bonds. The fourth-order valence-corrected chi connectivity index (χ4v) is 2.15. The van der Waals surface area contributed by atoms with Crippen LogP contribution in [0.5, 0.6) is 0 Å². The lowest BCUT2D eigenvalue weighted by molar-refractivity contribution is 0.514. The predicted molar refractivity (Wildman–Crippen MR) is 57.7 cm³/mol. The molecular formula is C10H18N4O. The molecule has 15 heavy (non-hydrogen) atoms. The van der Waals surface area contributed by atoms with Gasteiger partial charge in [-0.2, -0.15) is 5.10 Å². The molecule has 84 valence electrons. The van der Waals surface area contributed by atoms with Crippen LogP contribution in [-0.4, -0.2) is 20.8 Å². The smallest absolute Gasteiger partial charge is 0.326 e. The summed E-state index contributed by atoms with van der Waals surface area (Å²) >= 11 is 0. The zero-order chi connectivity index (χ0) is 10.8. The van der Waals surface area contributed by atoms with Crippen molar-refractivity contribution in [2.45, 2.75) is 51.1 Å². The summed E-state index contributed by atoms with van der Waals surface area (Å²) in [5, 5.41) is 4.30. The highest BCUT2D eigenvalue weighted by Gasteiger charge is 2.21. The van der Waals surface area contributed by atoms with Gasteiger partial charge in [0, 0.05) is 12.0 Å². The monoisotopic (exact) mass is 210 g/mol. The van der Waals surface area contributed by atoms with E-state index < -0.39 is 0 Å². The van der Waals surface area contributed by atoms with Crippen molar-refractivity contribution in [1.29, 1.82) is 0 Å². The lowest BCUT2D eigenvalue weighted by atomic mass is 10.1. The molecule has 0 spiro atoms. The number of nitrogens with zero attached hydrogens (tertiary/aromatic N) is 2. The SMILES string of the molecule is CC(N)Cn1nc(C2CCCC2)[nH]c1=O. The van der Waals surface area contributed by atoms with Gasteiger partial charge >= 0.3 is 5.69 Å². The van der Waals surface area contributed by atoms with Crippen LogP contribution in [0.15, 0.2) is 4.79 Å². The average Bonchev–Trinajstić information content (AvgIpc) is 2.75. The highest BCUT2D eigenvalue weighted by Crippen LogP contribution is 2.31. The van der Waals surface area contributed by atoms with Gasteiger partial charge in [0.2, 0.25) is 0 Å². The second-order valence-electron chi connectivity index (χ2n) is 4.46. The van der Waals surface area contributed by atoms with E-state index in [-0.39, 0.29) is 11.7 Å². The first-order chi connectivity index (χ1) is 7.16. The lowest BCUT2D eigenvalue weighted by Crippen LogP contribution is -2.29. The van der Waals surface area contributed by atoms with Crippen LogP contribution >= 0.6 is 0 Å². The molecule has 1 aromatic heterocycles. The average molecular weight is 210 g/mol. The van der Waals surface area contributed by atoms with Gasteiger partial charge in [-0.05, 0) is 19.8 Å². The number of rotatable bonds is 3. The Morgan fingerprint density at radius 1 is 1.60 bits per heavy atom. The molecule has 1 unspecified atom stereocenters. The number of H-pyrrole nitrogens is 1. The molecule has 2 rings (SSSR count). The minimum atomic E-state index is -0.130. The third kappa shape index (κ3) is 2.28. The number of aromatic amines is 1. The summed E-state index contributed by atoms with van der Waals surface area (Å²) in [7, 11) is 0. The highest BCUT2D eigenvalue weighted by atomic mass is 16.1. The Balaban J connectivity index is 2.16. The molecule has 1 fully saturated rings. The van der Waals surface area contributed by atoms with E-state index in [0.717, 1.165) is 18.7 Å². The van der Waals surface area contributed by atoms with Crippen LogP contribution in [-0.2, 0) is 6.54 Å². The zero-order valence-electron chi connectivity index (χ0n) is 9.07. The summed E-state index contributed by atoms with van der Waals surface area (Å²) in [5.41, 5.74) is 5.51. The van der Waals surface area contributed by atoms with Gasteiger partial charge in [-0.15, -0.1) is 0 Å². The van der Waals surface area contributed by atoms with Gasteiger partial charge in [0.25, 0.3) is 0 Å². The van der Waals surface area contributed by atoms with Crippen LogP contribution in [0.4, 0.5) is 0 Å². The fourth-order valence-electron chi connectivity index (χ4n) is 2.15. The molecule has 1 saturated carbocycles. The van der Waals surface area contributed by atoms with Crippen molar-refractivity contribution in [3.05, 3.63) is 16.3 Å². The Hall–Kier alpha value is -1.10. The van der Waals surface area contributed by atoms with Gasteiger partial charge < -0.3 is 5.73 Å². The Labute approximate surface area is 88.7 Å². The summed E-state index contributed by atoms with van der Waals surface area (Å²) in [4.78, 5) is 14.4. The van der Waals surface area contributed by atoms with Gasteiger partial charge in [-0.3, -0.25) is 4.98 Å². The first-order valence-electron chi connectivity index (χ1n) is 5.59. The van der Waals surface area contributed by atoms with Gasteiger partial charge in [-0.1, -0.05) is 12.8 Å². The molecule has 1 heterocycles. The maximum Gasteiger partial charge on any atom is 0.343 e. The highest BCUT2D eigenvalue weighted by molar-refractivity contribution is 4.96. The zero-order valence-corrected chi connectivity index (χ0v) is 9.07. The van der Waals surface area contributed by atoms with Crippen LogP contribution in [0.1, 0.15) is 44.3 Å². The van der Waals surface area contributed by atoms with Crippen molar-refractivity contribution in [2.24, 2.45) is 5.73 Å². The molecule has 5 heteroatoms. The Morgan fingerprint density at radius 3 is 2.87 bits per heavy atom. The Morgan fingerprint density at radius 2 is 2.27 bits per heavy atom. The van der Waals surface area contributed by atoms with Gasteiger partial charge in [0.1, 0.15) is 5.82 Å². The van der Waals surface area contributed by atoms with E-state index in [1.54, 1.807) is 0 Å². The van der Waals surface area contributed by atoms with Crippen molar-refractivity contribution in [1.82, 2.24) is 14.8 Å². The van der Waals surface area contributed by atoms with Gasteiger partial charge in [0.05, 0.1) is 6.54 Å². The summed E-state index contributed by atoms with van der Waals surface area (Å²) in [6.07, 6.45) is 4.77. The first-order valence-corrected chi connectivity index (χ1v) is 5.59. The molecule has 1 aliphatic rings. The van der Waals surface area contributed by atoms with E-state index in [2.05, 4.69) is 10.1 Å². The molecule has 1 aromatic rings. The topological polar surface area (TPSA) is 76.7 Å². The fraction of sp³-hybridized carbons (Fsp3) is 0.800. The summed E-state index contributed by atoms with van der Waals surface area (Å²) in [6, 6.07) is -0.0394. The van der Waals surface area contributed by atoms with E-state index in [0.29, 0.717) is 12.5 Å². The van der Waals surface area contributed by atoms with Crippen molar-refractivity contribution < 1.29 is 0 Å². The molecule has 5 nitrogen and oxygen atoms in total. The van der Waals surface area contributed by atoms with E-state index in [4.69, 9.17) is 5.73 Å². The summed E-state index contributed by atoms with van der Waals surface area (Å²) < 4.78 is 1.44. The van der Waals surface area contributed by atoms with Crippen LogP contribution in [0.25, 0.3) is 0 Å². The Bertz CT molecular complexity index is 373. The second-order valence-corrected chi connectivity index (χ2v) is 4.46. The molecule has 0 radical (unpaired) electrons. The number of nitrogens with one attached hydrogen (secondary N) is 1. The first kappa shape index (κ1) is 10.4. The lowest BCUT2D eigenvalue weighted by Gasteiger charge is -2.04. The molecule has 0 aromatic carbocycles. The van der Waals surface area contributed by atoms with Crippen LogP contribution in [0.2, 0.25) is 0 Å². The van der Waals surface area contributed by atoms with Crippen LogP contribution in [0, 0.1) is 0 Å². The van der Waals surface area contributed by atoms with Gasteiger partial charge in [0.15, 0.2) is 0 Å². The molecule has 0 saturated heterocycles. The quantitative estimate of drug-likeness (QED) is 0.766. The molecule has 0 bridgehead atoms. The number of nitrogens with two attached hydrogens (primary N) is 1. The molecule has 3 N–H and O–H groups in total. The minimum absolute atomic E-state index is 0.0394. The number of hydrogen-bond donors (Lipinski definition) is 2. The maximum absolute atomic E-state index is 11.5. The van der Waals surface area contributed by atoms with Crippen molar-refractivity contribution in [3.63, 3.8) is 0 Å². The maximum atomic E-state index is 11.5. The van der Waals surface area contributed by atoms with E-state index in [9.17, 15) is 4.79 Å². The second kappa shape index (κ2) is 4.18. The van der Waals surface area contributed by atoms with Gasteiger partial charge in [-0.25, -0.2) is 9.48 Å². The minimum Gasteiger partial charge on any atom is -0.326 e. The number of hydrogen-bond acceptors (Lipinski definition) is 3. The van der Waals surface area contributed by atoms with E-state index in [1.807, 2.05) is 6.92 Å². The third-order valence-corrected chi connectivity index (χ3v) is 2.90. The van der Waals surface area contributed by atoms with Crippen molar-refractivity contribution >= 4 is 0 Å². The van der Waals surface area contributed by atoms with E-state index in [1.165, 1.54) is 17.5 Å². The summed E-state index contributed by atoms with van der Waals surface area (Å²) in [5.74, 6) is 1.30. The predicted octanol–water partition coefficient (Wildman–Crippen LogP) is 0.576. The molecule has 1 atom stereocenters.